The van der Waals surface area contributed by atoms with E-state index in [1.54, 1.807) is 0 Å². The van der Waals surface area contributed by atoms with E-state index in [-0.39, 0.29) is 17.0 Å². The first kappa shape index (κ1) is 17.3. The Morgan fingerprint density at radius 2 is 1.75 bits per heavy atom. The average Bonchev–Trinajstić information content (AvgIpc) is 2.47. The molecule has 3 nitrogen and oxygen atoms in total. The summed E-state index contributed by atoms with van der Waals surface area (Å²) >= 11 is 0. The van der Waals surface area contributed by atoms with E-state index in [1.165, 1.54) is 25.3 Å². The minimum absolute atomic E-state index is 0.0959. The van der Waals surface area contributed by atoms with Crippen LogP contribution in [0.25, 0.3) is 0 Å². The van der Waals surface area contributed by atoms with Gasteiger partial charge in [0.15, 0.2) is 0 Å². The van der Waals surface area contributed by atoms with E-state index in [0.717, 1.165) is 41.0 Å². The molecule has 3 heteroatoms. The van der Waals surface area contributed by atoms with Gasteiger partial charge >= 0.3 is 5.97 Å². The topological polar surface area (TPSA) is 35.5 Å². The summed E-state index contributed by atoms with van der Waals surface area (Å²) in [5, 5.41) is 0. The fourth-order valence-electron chi connectivity index (χ4n) is 4.96. The highest BCUT2D eigenvalue weighted by molar-refractivity contribution is 5.72. The minimum Gasteiger partial charge on any atom is -0.487 e. The van der Waals surface area contributed by atoms with Crippen LogP contribution in [0.4, 0.5) is 0 Å². The molecule has 1 heterocycles. The third-order valence-electron chi connectivity index (χ3n) is 6.48. The molecule has 2 unspecified atom stereocenters. The lowest BCUT2D eigenvalue weighted by atomic mass is 9.58. The van der Waals surface area contributed by atoms with Crippen LogP contribution in [0, 0.1) is 32.1 Å². The summed E-state index contributed by atoms with van der Waals surface area (Å²) in [5.41, 5.74) is 4.57. The Morgan fingerprint density at radius 1 is 1.08 bits per heavy atom. The first-order valence-electron chi connectivity index (χ1n) is 9.07. The van der Waals surface area contributed by atoms with Crippen LogP contribution in [0.5, 0.6) is 11.5 Å². The third-order valence-corrected chi connectivity index (χ3v) is 6.48. The first-order valence-corrected chi connectivity index (χ1v) is 9.07. The van der Waals surface area contributed by atoms with Crippen molar-refractivity contribution in [1.82, 2.24) is 0 Å². The number of hydrogen-bond acceptors (Lipinski definition) is 3. The van der Waals surface area contributed by atoms with Crippen molar-refractivity contribution in [1.29, 1.82) is 0 Å². The summed E-state index contributed by atoms with van der Waals surface area (Å²) in [4.78, 5) is 11.5. The summed E-state index contributed by atoms with van der Waals surface area (Å²) in [6.45, 7) is 14.6. The van der Waals surface area contributed by atoms with Crippen molar-refractivity contribution in [3.63, 3.8) is 0 Å². The van der Waals surface area contributed by atoms with E-state index >= 15 is 0 Å². The van der Waals surface area contributed by atoms with Gasteiger partial charge in [-0.2, -0.15) is 0 Å². The second kappa shape index (κ2) is 5.50. The number of carbonyl (C=O) groups is 1. The fourth-order valence-corrected chi connectivity index (χ4v) is 4.96. The minimum atomic E-state index is -0.264. The number of rotatable bonds is 1. The standard InChI is InChI=1S/C21H30O3/c1-12-13(2)19-16(14(3)18(12)23-15(4)22)11-17-20(5,6)9-8-10-21(17,7)24-19/h17H,8-11H2,1-7H3. The molecule has 3 rings (SSSR count). The van der Waals surface area contributed by atoms with Gasteiger partial charge in [0.2, 0.25) is 0 Å². The molecule has 24 heavy (non-hydrogen) atoms. The predicted octanol–water partition coefficient (Wildman–Crippen LogP) is 5.06. The SMILES string of the molecule is CC(=O)Oc1c(C)c(C)c2c(c1C)CC1C(C)(C)CCCC1(C)O2. The maximum Gasteiger partial charge on any atom is 0.308 e. The molecule has 1 saturated carbocycles. The molecule has 1 aliphatic carbocycles. The smallest absolute Gasteiger partial charge is 0.308 e. The normalized spacial score (nSPS) is 27.7. The molecule has 0 N–H and O–H groups in total. The first-order chi connectivity index (χ1) is 11.1. The molecule has 1 aliphatic heterocycles. The molecule has 1 aromatic rings. The maximum absolute atomic E-state index is 11.5. The number of ether oxygens (including phenoxy) is 2. The number of carbonyl (C=O) groups excluding carboxylic acids is 1. The van der Waals surface area contributed by atoms with Crippen molar-refractivity contribution in [3.05, 3.63) is 22.3 Å². The molecule has 0 spiro atoms. The summed E-state index contributed by atoms with van der Waals surface area (Å²) in [6, 6.07) is 0. The van der Waals surface area contributed by atoms with Crippen LogP contribution < -0.4 is 9.47 Å². The van der Waals surface area contributed by atoms with E-state index in [9.17, 15) is 4.79 Å². The highest BCUT2D eigenvalue weighted by Crippen LogP contribution is 2.55. The highest BCUT2D eigenvalue weighted by Gasteiger charge is 2.51. The summed E-state index contributed by atoms with van der Waals surface area (Å²) < 4.78 is 12.2. The van der Waals surface area contributed by atoms with Gasteiger partial charge in [-0.3, -0.25) is 4.79 Å². The Kier molecular flexibility index (Phi) is 3.97. The van der Waals surface area contributed by atoms with Crippen molar-refractivity contribution < 1.29 is 14.3 Å². The van der Waals surface area contributed by atoms with E-state index in [1.807, 2.05) is 6.92 Å². The lowest BCUT2D eigenvalue weighted by molar-refractivity contribution is -0.132. The molecule has 1 aromatic carbocycles. The molecule has 0 aromatic heterocycles. The molecule has 2 atom stereocenters. The van der Waals surface area contributed by atoms with Crippen LogP contribution in [0.2, 0.25) is 0 Å². The number of fused-ring (bicyclic) bond motifs is 2. The van der Waals surface area contributed by atoms with Crippen molar-refractivity contribution in [2.45, 2.75) is 79.8 Å². The van der Waals surface area contributed by atoms with Crippen LogP contribution in [-0.2, 0) is 11.2 Å². The van der Waals surface area contributed by atoms with E-state index < -0.39 is 0 Å². The molecule has 2 aliphatic rings. The van der Waals surface area contributed by atoms with Gasteiger partial charge in [0.05, 0.1) is 0 Å². The van der Waals surface area contributed by atoms with E-state index in [0.29, 0.717) is 5.92 Å². The Labute approximate surface area is 145 Å². The maximum atomic E-state index is 11.5. The van der Waals surface area contributed by atoms with Gasteiger partial charge in [0.1, 0.15) is 17.1 Å². The van der Waals surface area contributed by atoms with Gasteiger partial charge in [-0.25, -0.2) is 0 Å². The summed E-state index contributed by atoms with van der Waals surface area (Å²) in [5.74, 6) is 1.97. The number of hydrogen-bond donors (Lipinski definition) is 0. The Bertz CT molecular complexity index is 702. The lowest BCUT2D eigenvalue weighted by Crippen LogP contribution is -2.54. The molecule has 0 amide bonds. The van der Waals surface area contributed by atoms with Gasteiger partial charge in [0.25, 0.3) is 0 Å². The van der Waals surface area contributed by atoms with Crippen LogP contribution in [0.3, 0.4) is 0 Å². The van der Waals surface area contributed by atoms with Gasteiger partial charge in [0, 0.05) is 18.4 Å². The zero-order valence-electron chi connectivity index (χ0n) is 16.1. The Morgan fingerprint density at radius 3 is 2.38 bits per heavy atom. The van der Waals surface area contributed by atoms with E-state index in [4.69, 9.17) is 9.47 Å². The fraction of sp³-hybridized carbons (Fsp3) is 0.667. The quantitative estimate of drug-likeness (QED) is 0.533. The second-order valence-corrected chi connectivity index (χ2v) is 8.62. The van der Waals surface area contributed by atoms with Gasteiger partial charge in [-0.15, -0.1) is 0 Å². The average molecular weight is 330 g/mol. The van der Waals surface area contributed by atoms with Gasteiger partial charge < -0.3 is 9.47 Å². The highest BCUT2D eigenvalue weighted by atomic mass is 16.5. The Hall–Kier alpha value is -1.51. The Balaban J connectivity index is 2.16. The van der Waals surface area contributed by atoms with Crippen LogP contribution in [0.1, 0.15) is 69.2 Å². The third kappa shape index (κ3) is 2.53. The molecule has 0 radical (unpaired) electrons. The second-order valence-electron chi connectivity index (χ2n) is 8.62. The van der Waals surface area contributed by atoms with Crippen molar-refractivity contribution >= 4 is 5.97 Å². The molecule has 0 saturated heterocycles. The summed E-state index contributed by atoms with van der Waals surface area (Å²) in [6.07, 6.45) is 4.58. The van der Waals surface area contributed by atoms with Gasteiger partial charge in [-0.05, 0) is 75.5 Å². The van der Waals surface area contributed by atoms with E-state index in [2.05, 4.69) is 34.6 Å². The van der Waals surface area contributed by atoms with Crippen molar-refractivity contribution in [3.8, 4) is 11.5 Å². The molecular formula is C21H30O3. The van der Waals surface area contributed by atoms with Crippen LogP contribution in [0.15, 0.2) is 0 Å². The van der Waals surface area contributed by atoms with Crippen molar-refractivity contribution in [2.24, 2.45) is 11.3 Å². The van der Waals surface area contributed by atoms with Crippen LogP contribution in [-0.4, -0.2) is 11.6 Å². The van der Waals surface area contributed by atoms with Crippen LogP contribution >= 0.6 is 0 Å². The van der Waals surface area contributed by atoms with Crippen molar-refractivity contribution in [2.75, 3.05) is 0 Å². The number of benzene rings is 1. The zero-order valence-corrected chi connectivity index (χ0v) is 16.1. The summed E-state index contributed by atoms with van der Waals surface area (Å²) in [7, 11) is 0. The largest absolute Gasteiger partial charge is 0.487 e. The number of esters is 1. The predicted molar refractivity (Wildman–Crippen MR) is 95.8 cm³/mol. The zero-order chi connectivity index (χ0) is 17.9. The van der Waals surface area contributed by atoms with Gasteiger partial charge in [-0.1, -0.05) is 13.8 Å². The molecule has 0 bridgehead atoms. The monoisotopic (exact) mass is 330 g/mol. The molecular weight excluding hydrogens is 300 g/mol. The molecule has 132 valence electrons. The lowest BCUT2D eigenvalue weighted by Gasteiger charge is -2.53. The molecule has 1 fully saturated rings.